The van der Waals surface area contributed by atoms with Crippen molar-refractivity contribution in [3.05, 3.63) is 11.7 Å². The molecule has 0 atom stereocenters. The van der Waals surface area contributed by atoms with E-state index in [1.165, 1.54) is 0 Å². The van der Waals surface area contributed by atoms with Gasteiger partial charge in [-0.15, -0.1) is 0 Å². The van der Waals surface area contributed by atoms with Crippen LogP contribution >= 0.6 is 0 Å². The maximum Gasteiger partial charge on any atom is 0.317 e. The van der Waals surface area contributed by atoms with Crippen molar-refractivity contribution in [2.45, 2.75) is 45.2 Å². The zero-order valence-corrected chi connectivity index (χ0v) is 10.1. The minimum Gasteiger partial charge on any atom is -0.480 e. The molecule has 0 unspecified atom stereocenters. The van der Waals surface area contributed by atoms with Crippen molar-refractivity contribution in [1.29, 1.82) is 0 Å². The predicted octanol–water partition coefficient (Wildman–Crippen LogP) is 1.24. The lowest BCUT2D eigenvalue weighted by molar-refractivity contribution is -0.138. The molecule has 1 heterocycles. The molecule has 1 saturated carbocycles. The molecule has 1 aromatic rings. The molecule has 0 amide bonds. The Morgan fingerprint density at radius 3 is 2.76 bits per heavy atom. The summed E-state index contributed by atoms with van der Waals surface area (Å²) in [6.07, 6.45) is 2.12. The number of rotatable bonds is 6. The quantitative estimate of drug-likeness (QED) is 0.804. The highest BCUT2D eigenvalue weighted by molar-refractivity contribution is 5.69. The predicted molar refractivity (Wildman–Crippen MR) is 59.5 cm³/mol. The summed E-state index contributed by atoms with van der Waals surface area (Å²) >= 11 is 0. The van der Waals surface area contributed by atoms with Gasteiger partial charge in [-0.3, -0.25) is 9.69 Å². The molecular weight excluding hydrogens is 222 g/mol. The Kier molecular flexibility index (Phi) is 3.42. The minimum absolute atomic E-state index is 0.0379. The van der Waals surface area contributed by atoms with Gasteiger partial charge in [0.2, 0.25) is 5.89 Å². The van der Waals surface area contributed by atoms with Gasteiger partial charge in [0.15, 0.2) is 5.82 Å². The second kappa shape index (κ2) is 4.83. The molecule has 6 nitrogen and oxygen atoms in total. The van der Waals surface area contributed by atoms with Crippen LogP contribution < -0.4 is 0 Å². The van der Waals surface area contributed by atoms with E-state index in [-0.39, 0.29) is 12.5 Å². The Morgan fingerprint density at radius 2 is 2.29 bits per heavy atom. The van der Waals surface area contributed by atoms with Crippen molar-refractivity contribution in [3.63, 3.8) is 0 Å². The van der Waals surface area contributed by atoms with Gasteiger partial charge in [-0.2, -0.15) is 4.98 Å². The molecule has 0 spiro atoms. The maximum absolute atomic E-state index is 10.7. The third-order valence-electron chi connectivity index (χ3n) is 2.72. The molecule has 0 aromatic carbocycles. The van der Waals surface area contributed by atoms with Crippen LogP contribution in [0.15, 0.2) is 4.52 Å². The van der Waals surface area contributed by atoms with Gasteiger partial charge in [-0.25, -0.2) is 0 Å². The van der Waals surface area contributed by atoms with E-state index in [1.807, 2.05) is 18.7 Å². The van der Waals surface area contributed by atoms with E-state index in [0.717, 1.165) is 12.8 Å². The summed E-state index contributed by atoms with van der Waals surface area (Å²) in [5, 5.41) is 12.7. The first-order chi connectivity index (χ1) is 8.06. The summed E-state index contributed by atoms with van der Waals surface area (Å²) in [5.41, 5.74) is 0. The first kappa shape index (κ1) is 12.0. The molecule has 1 aromatic heterocycles. The lowest BCUT2D eigenvalue weighted by Crippen LogP contribution is -2.31. The number of carboxylic acids is 1. The highest BCUT2D eigenvalue weighted by Crippen LogP contribution is 2.27. The van der Waals surface area contributed by atoms with Gasteiger partial charge in [0.05, 0.1) is 13.1 Å². The smallest absolute Gasteiger partial charge is 0.317 e. The highest BCUT2D eigenvalue weighted by atomic mass is 16.5. The molecular formula is C11H17N3O3. The molecule has 0 aliphatic heterocycles. The Morgan fingerprint density at radius 1 is 1.59 bits per heavy atom. The van der Waals surface area contributed by atoms with Gasteiger partial charge in [-0.05, 0) is 12.8 Å². The van der Waals surface area contributed by atoms with Crippen LogP contribution in [0.4, 0.5) is 0 Å². The lowest BCUT2D eigenvalue weighted by atomic mass is 10.2. The number of aromatic nitrogens is 2. The Labute approximate surface area is 99.6 Å². The third kappa shape index (κ3) is 3.26. The summed E-state index contributed by atoms with van der Waals surface area (Å²) in [5.74, 6) is 0.558. The molecule has 0 saturated heterocycles. The van der Waals surface area contributed by atoms with E-state index in [1.54, 1.807) is 0 Å². The number of carboxylic acid groups (broad SMARTS) is 1. The molecule has 0 bridgehead atoms. The number of nitrogens with zero attached hydrogens (tertiary/aromatic N) is 3. The minimum atomic E-state index is -0.815. The normalized spacial score (nSPS) is 15.8. The highest BCUT2D eigenvalue weighted by Gasteiger charge is 2.31. The van der Waals surface area contributed by atoms with E-state index >= 15 is 0 Å². The summed E-state index contributed by atoms with van der Waals surface area (Å²) in [6, 6.07) is 0.368. The standard InChI is InChI=1S/C11H17N3O3/c1-7(2)11-12-9(13-17-11)5-14(6-10(15)16)8-3-4-8/h7-8H,3-6H2,1-2H3,(H,15,16). The van der Waals surface area contributed by atoms with Gasteiger partial charge < -0.3 is 9.63 Å². The molecule has 94 valence electrons. The van der Waals surface area contributed by atoms with E-state index in [9.17, 15) is 4.79 Å². The van der Waals surface area contributed by atoms with Crippen LogP contribution in [-0.2, 0) is 11.3 Å². The Hall–Kier alpha value is -1.43. The Bertz CT molecular complexity index is 398. The van der Waals surface area contributed by atoms with Gasteiger partial charge >= 0.3 is 5.97 Å². The van der Waals surface area contributed by atoms with Crippen molar-refractivity contribution in [3.8, 4) is 0 Å². The first-order valence-corrected chi connectivity index (χ1v) is 5.84. The molecule has 1 aliphatic carbocycles. The second-order valence-electron chi connectivity index (χ2n) is 4.73. The zero-order valence-electron chi connectivity index (χ0n) is 10.1. The van der Waals surface area contributed by atoms with Crippen molar-refractivity contribution in [1.82, 2.24) is 15.0 Å². The second-order valence-corrected chi connectivity index (χ2v) is 4.73. The molecule has 1 N–H and O–H groups in total. The van der Waals surface area contributed by atoms with Gasteiger partial charge in [0, 0.05) is 12.0 Å². The fourth-order valence-electron chi connectivity index (χ4n) is 1.68. The largest absolute Gasteiger partial charge is 0.480 e. The summed E-state index contributed by atoms with van der Waals surface area (Å²) in [7, 11) is 0. The third-order valence-corrected chi connectivity index (χ3v) is 2.72. The van der Waals surface area contributed by atoms with Crippen molar-refractivity contribution in [2.24, 2.45) is 0 Å². The van der Waals surface area contributed by atoms with Crippen LogP contribution in [0.25, 0.3) is 0 Å². The van der Waals surface area contributed by atoms with Crippen LogP contribution in [-0.4, -0.2) is 38.7 Å². The fraction of sp³-hybridized carbons (Fsp3) is 0.727. The fourth-order valence-corrected chi connectivity index (χ4v) is 1.68. The number of aliphatic carboxylic acids is 1. The van der Waals surface area contributed by atoms with Crippen molar-refractivity contribution < 1.29 is 14.4 Å². The first-order valence-electron chi connectivity index (χ1n) is 5.84. The number of carbonyl (C=O) groups is 1. The summed E-state index contributed by atoms with van der Waals surface area (Å²) < 4.78 is 5.10. The molecule has 17 heavy (non-hydrogen) atoms. The van der Waals surface area contributed by atoms with Gasteiger partial charge in [0.25, 0.3) is 0 Å². The SMILES string of the molecule is CC(C)c1nc(CN(CC(=O)O)C2CC2)no1. The molecule has 1 fully saturated rings. The molecule has 0 radical (unpaired) electrons. The lowest BCUT2D eigenvalue weighted by Gasteiger charge is -2.16. The van der Waals surface area contributed by atoms with Crippen LogP contribution in [0.3, 0.4) is 0 Å². The van der Waals surface area contributed by atoms with Crippen LogP contribution in [0.1, 0.15) is 44.3 Å². The van der Waals surface area contributed by atoms with Gasteiger partial charge in [-0.1, -0.05) is 19.0 Å². The number of hydrogen-bond acceptors (Lipinski definition) is 5. The molecule has 1 aliphatic rings. The maximum atomic E-state index is 10.7. The zero-order chi connectivity index (χ0) is 12.4. The van der Waals surface area contributed by atoms with E-state index in [4.69, 9.17) is 9.63 Å². The van der Waals surface area contributed by atoms with E-state index < -0.39 is 5.97 Å². The van der Waals surface area contributed by atoms with Crippen LogP contribution in [0.5, 0.6) is 0 Å². The number of hydrogen-bond donors (Lipinski definition) is 1. The summed E-state index contributed by atoms with van der Waals surface area (Å²) in [4.78, 5) is 16.9. The molecule has 2 rings (SSSR count). The van der Waals surface area contributed by atoms with Gasteiger partial charge in [0.1, 0.15) is 0 Å². The summed E-state index contributed by atoms with van der Waals surface area (Å²) in [6.45, 7) is 4.45. The van der Waals surface area contributed by atoms with Crippen molar-refractivity contribution >= 4 is 5.97 Å². The average Bonchev–Trinajstić information content (AvgIpc) is 2.97. The van der Waals surface area contributed by atoms with E-state index in [0.29, 0.717) is 24.3 Å². The van der Waals surface area contributed by atoms with Crippen molar-refractivity contribution in [2.75, 3.05) is 6.54 Å². The van der Waals surface area contributed by atoms with Crippen LogP contribution in [0.2, 0.25) is 0 Å². The topological polar surface area (TPSA) is 79.5 Å². The average molecular weight is 239 g/mol. The monoisotopic (exact) mass is 239 g/mol. The Balaban J connectivity index is 1.98. The van der Waals surface area contributed by atoms with E-state index in [2.05, 4.69) is 10.1 Å². The van der Waals surface area contributed by atoms with Crippen LogP contribution in [0, 0.1) is 0 Å². The molecule has 6 heteroatoms.